The normalized spacial score (nSPS) is 10.5. The van der Waals surface area contributed by atoms with Crippen molar-refractivity contribution in [2.24, 2.45) is 0 Å². The summed E-state index contributed by atoms with van der Waals surface area (Å²) in [5.41, 5.74) is 0.726. The SMILES string of the molecule is CCn1cnnc1CCNC(=O)CSCC(=O)Nc1cccc(Br)c1. The summed E-state index contributed by atoms with van der Waals surface area (Å²) in [5.74, 6) is 1.09. The van der Waals surface area contributed by atoms with Gasteiger partial charge in [0.15, 0.2) is 0 Å². The van der Waals surface area contributed by atoms with Crippen LogP contribution in [0.2, 0.25) is 0 Å². The van der Waals surface area contributed by atoms with Gasteiger partial charge in [0.2, 0.25) is 11.8 Å². The van der Waals surface area contributed by atoms with Crippen molar-refractivity contribution >= 4 is 45.2 Å². The van der Waals surface area contributed by atoms with Gasteiger partial charge in [-0.25, -0.2) is 0 Å². The van der Waals surface area contributed by atoms with Crippen LogP contribution in [0.3, 0.4) is 0 Å². The number of aromatic nitrogens is 3. The molecule has 134 valence electrons. The topological polar surface area (TPSA) is 88.9 Å². The summed E-state index contributed by atoms with van der Waals surface area (Å²) in [6, 6.07) is 7.37. The third-order valence-corrected chi connectivity index (χ3v) is 4.71. The average Bonchev–Trinajstić information content (AvgIpc) is 3.02. The van der Waals surface area contributed by atoms with Crippen LogP contribution in [-0.2, 0) is 22.6 Å². The fraction of sp³-hybridized carbons (Fsp3) is 0.375. The van der Waals surface area contributed by atoms with Crippen molar-refractivity contribution in [3.8, 4) is 0 Å². The van der Waals surface area contributed by atoms with Crippen LogP contribution in [0.15, 0.2) is 35.1 Å². The Labute approximate surface area is 159 Å². The quantitative estimate of drug-likeness (QED) is 0.641. The van der Waals surface area contributed by atoms with Crippen molar-refractivity contribution in [1.29, 1.82) is 0 Å². The molecule has 0 saturated carbocycles. The number of hydrogen-bond donors (Lipinski definition) is 2. The molecular formula is C16H20BrN5O2S. The number of aryl methyl sites for hydroxylation is 1. The number of thioether (sulfide) groups is 1. The molecule has 0 atom stereocenters. The highest BCUT2D eigenvalue weighted by Gasteiger charge is 2.07. The van der Waals surface area contributed by atoms with Gasteiger partial charge in [0.25, 0.3) is 0 Å². The minimum atomic E-state index is -0.132. The highest BCUT2D eigenvalue weighted by molar-refractivity contribution is 9.10. The number of benzene rings is 1. The predicted octanol–water partition coefficient (Wildman–Crippen LogP) is 2.09. The molecule has 1 aromatic heterocycles. The van der Waals surface area contributed by atoms with E-state index in [1.165, 1.54) is 11.8 Å². The molecule has 0 aliphatic heterocycles. The third kappa shape index (κ3) is 6.87. The monoisotopic (exact) mass is 425 g/mol. The second-order valence-electron chi connectivity index (χ2n) is 5.18. The van der Waals surface area contributed by atoms with Crippen molar-refractivity contribution in [3.05, 3.63) is 40.9 Å². The van der Waals surface area contributed by atoms with E-state index in [0.717, 1.165) is 22.5 Å². The van der Waals surface area contributed by atoms with E-state index in [1.807, 2.05) is 35.8 Å². The first kappa shape index (κ1) is 19.5. The molecular weight excluding hydrogens is 406 g/mol. The van der Waals surface area contributed by atoms with E-state index < -0.39 is 0 Å². The van der Waals surface area contributed by atoms with Crippen LogP contribution < -0.4 is 10.6 Å². The maximum absolute atomic E-state index is 11.8. The van der Waals surface area contributed by atoms with Gasteiger partial charge in [-0.05, 0) is 25.1 Å². The predicted molar refractivity (Wildman–Crippen MR) is 103 cm³/mol. The lowest BCUT2D eigenvalue weighted by Gasteiger charge is -2.07. The summed E-state index contributed by atoms with van der Waals surface area (Å²) in [7, 11) is 0. The Morgan fingerprint density at radius 2 is 2.08 bits per heavy atom. The fourth-order valence-electron chi connectivity index (χ4n) is 2.10. The third-order valence-electron chi connectivity index (χ3n) is 3.28. The van der Waals surface area contributed by atoms with E-state index >= 15 is 0 Å². The van der Waals surface area contributed by atoms with E-state index in [1.54, 1.807) is 6.33 Å². The highest BCUT2D eigenvalue weighted by atomic mass is 79.9. The van der Waals surface area contributed by atoms with E-state index in [0.29, 0.717) is 13.0 Å². The van der Waals surface area contributed by atoms with Crippen LogP contribution in [0.25, 0.3) is 0 Å². The highest BCUT2D eigenvalue weighted by Crippen LogP contribution is 2.15. The second-order valence-corrected chi connectivity index (χ2v) is 7.09. The Bertz CT molecular complexity index is 722. The van der Waals surface area contributed by atoms with Crippen molar-refractivity contribution in [1.82, 2.24) is 20.1 Å². The summed E-state index contributed by atoms with van der Waals surface area (Å²) in [6.45, 7) is 3.32. The summed E-state index contributed by atoms with van der Waals surface area (Å²) in [6.07, 6.45) is 2.31. The van der Waals surface area contributed by atoms with Crippen molar-refractivity contribution in [2.45, 2.75) is 19.9 Å². The molecule has 7 nitrogen and oxygen atoms in total. The Balaban J connectivity index is 1.61. The van der Waals surface area contributed by atoms with Gasteiger partial charge in [-0.3, -0.25) is 9.59 Å². The molecule has 25 heavy (non-hydrogen) atoms. The van der Waals surface area contributed by atoms with Gasteiger partial charge in [0, 0.05) is 29.7 Å². The Morgan fingerprint density at radius 3 is 2.84 bits per heavy atom. The van der Waals surface area contributed by atoms with E-state index in [9.17, 15) is 9.59 Å². The number of rotatable bonds is 9. The molecule has 0 aliphatic rings. The molecule has 9 heteroatoms. The summed E-state index contributed by atoms with van der Waals surface area (Å²) in [5, 5.41) is 13.5. The number of nitrogens with zero attached hydrogens (tertiary/aromatic N) is 3. The maximum Gasteiger partial charge on any atom is 0.234 e. The summed E-state index contributed by atoms with van der Waals surface area (Å²) < 4.78 is 2.84. The lowest BCUT2D eigenvalue weighted by molar-refractivity contribution is -0.118. The largest absolute Gasteiger partial charge is 0.355 e. The number of nitrogens with one attached hydrogen (secondary N) is 2. The molecule has 0 aliphatic carbocycles. The van der Waals surface area contributed by atoms with Gasteiger partial charge < -0.3 is 15.2 Å². The molecule has 0 saturated heterocycles. The van der Waals surface area contributed by atoms with Gasteiger partial charge in [0.05, 0.1) is 11.5 Å². The molecule has 0 fully saturated rings. The maximum atomic E-state index is 11.8. The van der Waals surface area contributed by atoms with Crippen molar-refractivity contribution in [2.75, 3.05) is 23.4 Å². The molecule has 0 spiro atoms. The second kappa shape index (κ2) is 10.2. The zero-order chi connectivity index (χ0) is 18.1. The van der Waals surface area contributed by atoms with Crippen LogP contribution in [0.5, 0.6) is 0 Å². The molecule has 2 N–H and O–H groups in total. The fourth-order valence-corrected chi connectivity index (χ4v) is 3.15. The first-order valence-electron chi connectivity index (χ1n) is 7.85. The van der Waals surface area contributed by atoms with Crippen LogP contribution in [0, 0.1) is 0 Å². The smallest absolute Gasteiger partial charge is 0.234 e. The van der Waals surface area contributed by atoms with E-state index in [4.69, 9.17) is 0 Å². The summed E-state index contributed by atoms with van der Waals surface area (Å²) in [4.78, 5) is 23.6. The van der Waals surface area contributed by atoms with Crippen molar-refractivity contribution < 1.29 is 9.59 Å². The first-order chi connectivity index (χ1) is 12.1. The molecule has 2 amide bonds. The molecule has 0 radical (unpaired) electrons. The van der Waals surface area contributed by atoms with Crippen LogP contribution in [0.4, 0.5) is 5.69 Å². The first-order valence-corrected chi connectivity index (χ1v) is 9.79. The number of amides is 2. The minimum Gasteiger partial charge on any atom is -0.355 e. The molecule has 1 aromatic carbocycles. The molecule has 0 bridgehead atoms. The van der Waals surface area contributed by atoms with E-state index in [-0.39, 0.29) is 23.3 Å². The summed E-state index contributed by atoms with van der Waals surface area (Å²) >= 11 is 4.63. The Kier molecular flexibility index (Phi) is 7.93. The van der Waals surface area contributed by atoms with E-state index in [2.05, 4.69) is 36.8 Å². The molecule has 1 heterocycles. The van der Waals surface area contributed by atoms with Gasteiger partial charge >= 0.3 is 0 Å². The number of carbonyl (C=O) groups excluding carboxylic acids is 2. The van der Waals surface area contributed by atoms with Crippen LogP contribution in [0.1, 0.15) is 12.7 Å². The average molecular weight is 426 g/mol. The minimum absolute atomic E-state index is 0.0946. The van der Waals surface area contributed by atoms with Crippen LogP contribution in [-0.4, -0.2) is 44.6 Å². The van der Waals surface area contributed by atoms with Gasteiger partial charge in [-0.2, -0.15) is 0 Å². The number of carbonyl (C=O) groups is 2. The van der Waals surface area contributed by atoms with Gasteiger partial charge in [-0.1, -0.05) is 22.0 Å². The molecule has 0 unspecified atom stereocenters. The lowest BCUT2D eigenvalue weighted by Crippen LogP contribution is -2.28. The standard InChI is InChI=1S/C16H20BrN5O2S/c1-2-22-11-19-21-14(22)6-7-18-15(23)9-25-10-16(24)20-13-5-3-4-12(17)8-13/h3-5,8,11H,2,6-7,9-10H2,1H3,(H,18,23)(H,20,24). The molecule has 2 rings (SSSR count). The zero-order valence-electron chi connectivity index (χ0n) is 13.9. The zero-order valence-corrected chi connectivity index (χ0v) is 16.3. The van der Waals surface area contributed by atoms with Crippen molar-refractivity contribution in [3.63, 3.8) is 0 Å². The van der Waals surface area contributed by atoms with Gasteiger partial charge in [-0.15, -0.1) is 22.0 Å². The van der Waals surface area contributed by atoms with Crippen LogP contribution >= 0.6 is 27.7 Å². The number of anilines is 1. The Morgan fingerprint density at radius 1 is 1.28 bits per heavy atom. The molecule has 2 aromatic rings. The number of halogens is 1. The lowest BCUT2D eigenvalue weighted by atomic mass is 10.3. The van der Waals surface area contributed by atoms with Gasteiger partial charge in [0.1, 0.15) is 12.2 Å². The number of hydrogen-bond acceptors (Lipinski definition) is 5. The Hall–Kier alpha value is -1.87.